The van der Waals surface area contributed by atoms with Crippen molar-refractivity contribution in [3.8, 4) is 11.5 Å². The normalized spacial score (nSPS) is 17.0. The van der Waals surface area contributed by atoms with Gasteiger partial charge in [0.1, 0.15) is 10.1 Å². The van der Waals surface area contributed by atoms with Gasteiger partial charge in [-0.3, -0.25) is 9.69 Å². The van der Waals surface area contributed by atoms with Crippen LogP contribution in [0.5, 0.6) is 0 Å². The van der Waals surface area contributed by atoms with Gasteiger partial charge >= 0.3 is 0 Å². The fraction of sp³-hybridized carbons (Fsp3) is 0.133. The van der Waals surface area contributed by atoms with E-state index >= 15 is 0 Å². The molecular formula is C15H12N2O2S2. The molecule has 1 aromatic heterocycles. The molecule has 2 aromatic rings. The Balaban J connectivity index is 1.87. The molecule has 0 atom stereocenters. The van der Waals surface area contributed by atoms with Crippen molar-refractivity contribution in [1.29, 1.82) is 0 Å². The van der Waals surface area contributed by atoms with Crippen LogP contribution in [0.15, 0.2) is 45.9 Å². The lowest BCUT2D eigenvalue weighted by Gasteiger charge is -2.09. The predicted octanol–water partition coefficient (Wildman–Crippen LogP) is 3.56. The number of likely N-dealkylation sites (N-methyl/N-ethyl adjacent to an activating group) is 1. The molecule has 1 aliphatic heterocycles. The van der Waals surface area contributed by atoms with Crippen molar-refractivity contribution in [2.45, 2.75) is 6.92 Å². The highest BCUT2D eigenvalue weighted by molar-refractivity contribution is 8.26. The molecule has 1 aromatic carbocycles. The first-order valence-corrected chi connectivity index (χ1v) is 7.68. The van der Waals surface area contributed by atoms with Gasteiger partial charge in [0.05, 0.1) is 11.1 Å². The molecule has 0 aliphatic carbocycles. The van der Waals surface area contributed by atoms with E-state index < -0.39 is 0 Å². The third kappa shape index (κ3) is 2.77. The Kier molecular flexibility index (Phi) is 3.90. The van der Waals surface area contributed by atoms with E-state index in [-0.39, 0.29) is 5.91 Å². The van der Waals surface area contributed by atoms with E-state index in [0.717, 1.165) is 5.56 Å². The fourth-order valence-electron chi connectivity index (χ4n) is 1.97. The summed E-state index contributed by atoms with van der Waals surface area (Å²) in [5.74, 6) is 1.00. The minimum absolute atomic E-state index is 0.0786. The quantitative estimate of drug-likeness (QED) is 0.640. The first kappa shape index (κ1) is 14.0. The summed E-state index contributed by atoms with van der Waals surface area (Å²) in [7, 11) is 0. The molecule has 3 rings (SSSR count). The molecule has 0 saturated carbocycles. The van der Waals surface area contributed by atoms with Gasteiger partial charge in [0.2, 0.25) is 5.89 Å². The van der Waals surface area contributed by atoms with Gasteiger partial charge in [-0.2, -0.15) is 0 Å². The third-order valence-corrected chi connectivity index (χ3v) is 4.39. The number of thiocarbonyl (C=S) groups is 1. The lowest BCUT2D eigenvalue weighted by Crippen LogP contribution is -2.27. The van der Waals surface area contributed by atoms with Crippen molar-refractivity contribution in [3.63, 3.8) is 0 Å². The number of aromatic nitrogens is 1. The number of carbonyl (C=O) groups excluding carboxylic acids is 1. The second kappa shape index (κ2) is 5.83. The standard InChI is InChI=1S/C15H12N2O2S2/c1-2-17-14(18)12(21-15(17)20)8-11-9-16-13(19-11)10-6-4-3-5-7-10/h3-9H,2H2,1H3/b12-8+. The van der Waals surface area contributed by atoms with E-state index in [1.165, 1.54) is 11.8 Å². The lowest BCUT2D eigenvalue weighted by atomic mass is 10.2. The minimum Gasteiger partial charge on any atom is -0.437 e. The molecule has 21 heavy (non-hydrogen) atoms. The Morgan fingerprint density at radius 1 is 1.38 bits per heavy atom. The van der Waals surface area contributed by atoms with Crippen molar-refractivity contribution in [2.75, 3.05) is 6.54 Å². The maximum absolute atomic E-state index is 12.1. The first-order chi connectivity index (χ1) is 10.2. The van der Waals surface area contributed by atoms with Gasteiger partial charge in [-0.15, -0.1) is 0 Å². The summed E-state index contributed by atoms with van der Waals surface area (Å²) in [5.41, 5.74) is 0.901. The first-order valence-electron chi connectivity index (χ1n) is 6.45. The van der Waals surface area contributed by atoms with E-state index in [4.69, 9.17) is 16.6 Å². The van der Waals surface area contributed by atoms with E-state index in [9.17, 15) is 4.79 Å². The van der Waals surface area contributed by atoms with E-state index in [1.54, 1.807) is 17.2 Å². The third-order valence-electron chi connectivity index (χ3n) is 3.01. The molecule has 0 N–H and O–H groups in total. The molecule has 0 spiro atoms. The minimum atomic E-state index is -0.0786. The highest BCUT2D eigenvalue weighted by Crippen LogP contribution is 2.32. The van der Waals surface area contributed by atoms with Gasteiger partial charge in [-0.1, -0.05) is 42.2 Å². The maximum Gasteiger partial charge on any atom is 0.266 e. The average molecular weight is 316 g/mol. The molecule has 1 fully saturated rings. The van der Waals surface area contributed by atoms with Crippen LogP contribution in [0, 0.1) is 0 Å². The zero-order chi connectivity index (χ0) is 14.8. The van der Waals surface area contributed by atoms with Gasteiger partial charge < -0.3 is 4.42 Å². The molecule has 0 bridgehead atoms. The molecule has 0 radical (unpaired) electrons. The number of carbonyl (C=O) groups is 1. The highest BCUT2D eigenvalue weighted by atomic mass is 32.2. The Hall–Kier alpha value is -1.92. The average Bonchev–Trinajstić information content (AvgIpc) is 3.06. The Morgan fingerprint density at radius 3 is 2.81 bits per heavy atom. The van der Waals surface area contributed by atoms with Crippen molar-refractivity contribution in [2.24, 2.45) is 0 Å². The smallest absolute Gasteiger partial charge is 0.266 e. The number of hydrogen-bond acceptors (Lipinski definition) is 5. The van der Waals surface area contributed by atoms with Crippen molar-refractivity contribution >= 4 is 40.3 Å². The molecule has 2 heterocycles. The van der Waals surface area contributed by atoms with E-state index in [2.05, 4.69) is 4.98 Å². The van der Waals surface area contributed by atoms with Crippen molar-refractivity contribution in [1.82, 2.24) is 9.88 Å². The molecule has 1 aliphatic rings. The van der Waals surface area contributed by atoms with Gasteiger partial charge in [-0.25, -0.2) is 4.98 Å². The molecule has 106 valence electrons. The number of rotatable bonds is 3. The summed E-state index contributed by atoms with van der Waals surface area (Å²) in [6.45, 7) is 2.48. The van der Waals surface area contributed by atoms with Crippen LogP contribution in [-0.4, -0.2) is 26.7 Å². The zero-order valence-electron chi connectivity index (χ0n) is 11.3. The van der Waals surface area contributed by atoms with Gasteiger partial charge in [0.15, 0.2) is 0 Å². The summed E-state index contributed by atoms with van der Waals surface area (Å²) in [6.07, 6.45) is 3.30. The molecule has 4 nitrogen and oxygen atoms in total. The number of thioether (sulfide) groups is 1. The summed E-state index contributed by atoms with van der Waals surface area (Å²) < 4.78 is 6.25. The van der Waals surface area contributed by atoms with Crippen LogP contribution < -0.4 is 0 Å². The van der Waals surface area contributed by atoms with Gasteiger partial charge in [-0.05, 0) is 19.1 Å². The van der Waals surface area contributed by atoms with Crippen LogP contribution in [0.3, 0.4) is 0 Å². The fourth-order valence-corrected chi connectivity index (χ4v) is 3.33. The predicted molar refractivity (Wildman–Crippen MR) is 87.5 cm³/mol. The Morgan fingerprint density at radius 2 is 2.14 bits per heavy atom. The Labute approximate surface area is 131 Å². The van der Waals surface area contributed by atoms with Crippen LogP contribution in [0.2, 0.25) is 0 Å². The summed E-state index contributed by atoms with van der Waals surface area (Å²) in [6, 6.07) is 9.62. The maximum atomic E-state index is 12.1. The van der Waals surface area contributed by atoms with Crippen LogP contribution in [0.25, 0.3) is 17.5 Å². The second-order valence-electron chi connectivity index (χ2n) is 4.36. The second-order valence-corrected chi connectivity index (χ2v) is 6.04. The van der Waals surface area contributed by atoms with Crippen LogP contribution in [0.1, 0.15) is 12.7 Å². The molecular weight excluding hydrogens is 304 g/mol. The van der Waals surface area contributed by atoms with E-state index in [1.807, 2.05) is 37.3 Å². The van der Waals surface area contributed by atoms with Crippen LogP contribution >= 0.6 is 24.0 Å². The lowest BCUT2D eigenvalue weighted by molar-refractivity contribution is -0.121. The summed E-state index contributed by atoms with van der Waals surface area (Å²) in [5, 5.41) is 0. The largest absolute Gasteiger partial charge is 0.437 e. The van der Waals surface area contributed by atoms with Gasteiger partial charge in [0, 0.05) is 18.2 Å². The van der Waals surface area contributed by atoms with Crippen LogP contribution in [-0.2, 0) is 4.79 Å². The molecule has 1 amide bonds. The SMILES string of the molecule is CCN1C(=O)/C(=C\c2cnc(-c3ccccc3)o2)SC1=S. The molecule has 1 saturated heterocycles. The molecule has 0 unspecified atom stereocenters. The number of nitrogens with zero attached hydrogens (tertiary/aromatic N) is 2. The van der Waals surface area contributed by atoms with Crippen LogP contribution in [0.4, 0.5) is 0 Å². The highest BCUT2D eigenvalue weighted by Gasteiger charge is 2.30. The Bertz CT molecular complexity index is 722. The number of amides is 1. The van der Waals surface area contributed by atoms with Crippen molar-refractivity contribution < 1.29 is 9.21 Å². The number of benzene rings is 1. The number of hydrogen-bond donors (Lipinski definition) is 0. The molecule has 6 heteroatoms. The van der Waals surface area contributed by atoms with Gasteiger partial charge in [0.25, 0.3) is 5.91 Å². The summed E-state index contributed by atoms with van der Waals surface area (Å²) >= 11 is 6.46. The monoisotopic (exact) mass is 316 g/mol. The summed E-state index contributed by atoms with van der Waals surface area (Å²) in [4.78, 5) is 18.5. The van der Waals surface area contributed by atoms with E-state index in [0.29, 0.717) is 27.4 Å². The zero-order valence-corrected chi connectivity index (χ0v) is 12.9. The topological polar surface area (TPSA) is 46.3 Å². The van der Waals surface area contributed by atoms with Crippen molar-refractivity contribution in [3.05, 3.63) is 47.2 Å². The number of oxazole rings is 1.